The quantitative estimate of drug-likeness (QED) is 0.663. The second-order valence-electron chi connectivity index (χ2n) is 6.53. The van der Waals surface area contributed by atoms with Crippen LogP contribution < -0.4 is 10.6 Å². The van der Waals surface area contributed by atoms with Gasteiger partial charge in [0.2, 0.25) is 11.8 Å². The number of esters is 1. The Morgan fingerprint density at radius 3 is 2.75 bits per heavy atom. The molecule has 1 aliphatic carbocycles. The van der Waals surface area contributed by atoms with Gasteiger partial charge in [-0.1, -0.05) is 26.2 Å². The zero-order valence-electron chi connectivity index (χ0n) is 14.5. The Balaban J connectivity index is 1.87. The molecular formula is C17H29N3O4. The number of hydrogen-bond donors (Lipinski definition) is 2. The molecule has 24 heavy (non-hydrogen) atoms. The fourth-order valence-corrected chi connectivity index (χ4v) is 3.29. The molecule has 0 spiro atoms. The maximum absolute atomic E-state index is 12.5. The van der Waals surface area contributed by atoms with Crippen LogP contribution in [0.5, 0.6) is 0 Å². The van der Waals surface area contributed by atoms with Crippen LogP contribution in [-0.2, 0) is 19.1 Å². The van der Waals surface area contributed by atoms with E-state index in [1.807, 2.05) is 6.92 Å². The lowest BCUT2D eigenvalue weighted by molar-refractivity contribution is -0.151. The van der Waals surface area contributed by atoms with E-state index < -0.39 is 12.0 Å². The minimum Gasteiger partial charge on any atom is -0.466 e. The molecule has 0 aromatic heterocycles. The van der Waals surface area contributed by atoms with Gasteiger partial charge in [0.1, 0.15) is 6.04 Å². The summed E-state index contributed by atoms with van der Waals surface area (Å²) in [7, 11) is 0. The molecular weight excluding hydrogens is 310 g/mol. The highest BCUT2D eigenvalue weighted by molar-refractivity contribution is 5.92. The van der Waals surface area contributed by atoms with Crippen LogP contribution in [0.3, 0.4) is 0 Å². The molecule has 1 heterocycles. The fourth-order valence-electron chi connectivity index (χ4n) is 3.29. The summed E-state index contributed by atoms with van der Waals surface area (Å²) in [5.41, 5.74) is 0. The van der Waals surface area contributed by atoms with E-state index in [4.69, 9.17) is 4.74 Å². The Labute approximate surface area is 143 Å². The first kappa shape index (κ1) is 18.7. The molecule has 1 saturated heterocycles. The third-order valence-electron chi connectivity index (χ3n) is 4.63. The van der Waals surface area contributed by atoms with Gasteiger partial charge < -0.3 is 20.3 Å². The summed E-state index contributed by atoms with van der Waals surface area (Å²) in [5.74, 6) is -0.832. The maximum Gasteiger partial charge on any atom is 0.308 e. The zero-order valence-corrected chi connectivity index (χ0v) is 14.5. The molecule has 0 radical (unpaired) electrons. The van der Waals surface area contributed by atoms with E-state index in [0.29, 0.717) is 25.7 Å². The number of hydrogen-bond acceptors (Lipinski definition) is 5. The number of amides is 2. The lowest BCUT2D eigenvalue weighted by atomic mass is 9.95. The number of nitrogens with one attached hydrogen (secondary N) is 2. The molecule has 2 fully saturated rings. The van der Waals surface area contributed by atoms with Crippen LogP contribution in [-0.4, -0.2) is 61.0 Å². The molecule has 2 aliphatic rings. The van der Waals surface area contributed by atoms with E-state index in [0.717, 1.165) is 19.3 Å². The molecule has 1 saturated carbocycles. The van der Waals surface area contributed by atoms with Gasteiger partial charge >= 0.3 is 5.97 Å². The van der Waals surface area contributed by atoms with Gasteiger partial charge in [0, 0.05) is 19.1 Å². The summed E-state index contributed by atoms with van der Waals surface area (Å²) in [6, 6.07) is -0.377. The molecule has 0 aromatic carbocycles. The van der Waals surface area contributed by atoms with Gasteiger partial charge in [0.05, 0.1) is 19.6 Å². The molecule has 1 atom stereocenters. The van der Waals surface area contributed by atoms with E-state index in [1.165, 1.54) is 24.2 Å². The van der Waals surface area contributed by atoms with Gasteiger partial charge in [-0.25, -0.2) is 0 Å². The summed E-state index contributed by atoms with van der Waals surface area (Å²) in [6.45, 7) is 3.33. The van der Waals surface area contributed by atoms with Crippen molar-refractivity contribution < 1.29 is 19.1 Å². The summed E-state index contributed by atoms with van der Waals surface area (Å²) < 4.78 is 5.05. The topological polar surface area (TPSA) is 87.7 Å². The number of rotatable bonds is 7. The van der Waals surface area contributed by atoms with Crippen molar-refractivity contribution in [2.75, 3.05) is 26.2 Å². The monoisotopic (exact) mass is 339 g/mol. The number of piperazine rings is 1. The molecule has 7 heteroatoms. The highest BCUT2D eigenvalue weighted by Crippen LogP contribution is 2.17. The summed E-state index contributed by atoms with van der Waals surface area (Å²) >= 11 is 0. The standard InChI is InChI=1S/C17H29N3O4/c1-2-10-24-16(22)11-14-17(23)18-8-9-20(14)15(21)12-19-13-6-4-3-5-7-13/h13-14,19H,2-12H2,1H3,(H,18,23). The van der Waals surface area contributed by atoms with E-state index in [9.17, 15) is 14.4 Å². The highest BCUT2D eigenvalue weighted by Gasteiger charge is 2.35. The van der Waals surface area contributed by atoms with Crippen molar-refractivity contribution in [3.8, 4) is 0 Å². The average Bonchev–Trinajstić information content (AvgIpc) is 2.60. The first-order valence-electron chi connectivity index (χ1n) is 9.08. The van der Waals surface area contributed by atoms with E-state index >= 15 is 0 Å². The molecule has 1 unspecified atom stereocenters. The zero-order chi connectivity index (χ0) is 17.4. The largest absolute Gasteiger partial charge is 0.466 e. The average molecular weight is 339 g/mol. The first-order chi connectivity index (χ1) is 11.6. The predicted octanol–water partition coefficient (Wildman–Crippen LogP) is 0.579. The minimum atomic E-state index is -0.760. The van der Waals surface area contributed by atoms with Crippen molar-refractivity contribution in [3.05, 3.63) is 0 Å². The molecule has 2 N–H and O–H groups in total. The first-order valence-corrected chi connectivity index (χ1v) is 9.08. The Hall–Kier alpha value is -1.63. The normalized spacial score (nSPS) is 22.1. The molecule has 2 amide bonds. The second-order valence-corrected chi connectivity index (χ2v) is 6.53. The molecule has 2 rings (SSSR count). The third kappa shape index (κ3) is 5.47. The van der Waals surface area contributed by atoms with Crippen LogP contribution in [0.15, 0.2) is 0 Å². The van der Waals surface area contributed by atoms with Crippen molar-refractivity contribution in [1.82, 2.24) is 15.5 Å². The smallest absolute Gasteiger partial charge is 0.308 e. The Morgan fingerprint density at radius 1 is 1.29 bits per heavy atom. The fraction of sp³-hybridized carbons (Fsp3) is 0.824. The lowest BCUT2D eigenvalue weighted by Gasteiger charge is -2.35. The molecule has 1 aliphatic heterocycles. The SMILES string of the molecule is CCCOC(=O)CC1C(=O)NCCN1C(=O)CNC1CCCCC1. The van der Waals surface area contributed by atoms with Crippen LogP contribution >= 0.6 is 0 Å². The van der Waals surface area contributed by atoms with Crippen molar-refractivity contribution in [1.29, 1.82) is 0 Å². The van der Waals surface area contributed by atoms with Gasteiger partial charge in [-0.15, -0.1) is 0 Å². The summed E-state index contributed by atoms with van der Waals surface area (Å²) in [4.78, 5) is 38.0. The highest BCUT2D eigenvalue weighted by atomic mass is 16.5. The maximum atomic E-state index is 12.5. The molecule has 7 nitrogen and oxygen atoms in total. The second kappa shape index (κ2) is 9.61. The Bertz CT molecular complexity index is 449. The number of ether oxygens (including phenoxy) is 1. The van der Waals surface area contributed by atoms with Gasteiger partial charge in [0.25, 0.3) is 0 Å². The van der Waals surface area contributed by atoms with Crippen LogP contribution in [0, 0.1) is 0 Å². The predicted molar refractivity (Wildman–Crippen MR) is 89.3 cm³/mol. The lowest BCUT2D eigenvalue weighted by Crippen LogP contribution is -2.59. The minimum absolute atomic E-state index is 0.0823. The summed E-state index contributed by atoms with van der Waals surface area (Å²) in [6.07, 6.45) is 6.51. The molecule has 136 valence electrons. The Kier molecular flexibility index (Phi) is 7.49. The van der Waals surface area contributed by atoms with Gasteiger partial charge in [-0.2, -0.15) is 0 Å². The van der Waals surface area contributed by atoms with E-state index in [-0.39, 0.29) is 24.8 Å². The van der Waals surface area contributed by atoms with Crippen LogP contribution in [0.1, 0.15) is 51.9 Å². The van der Waals surface area contributed by atoms with Crippen molar-refractivity contribution >= 4 is 17.8 Å². The van der Waals surface area contributed by atoms with E-state index in [2.05, 4.69) is 10.6 Å². The Morgan fingerprint density at radius 2 is 2.04 bits per heavy atom. The van der Waals surface area contributed by atoms with Gasteiger partial charge in [0.15, 0.2) is 0 Å². The van der Waals surface area contributed by atoms with Crippen LogP contribution in [0.25, 0.3) is 0 Å². The molecule has 0 bridgehead atoms. The van der Waals surface area contributed by atoms with Crippen LogP contribution in [0.4, 0.5) is 0 Å². The van der Waals surface area contributed by atoms with Gasteiger partial charge in [-0.3, -0.25) is 14.4 Å². The van der Waals surface area contributed by atoms with E-state index in [1.54, 1.807) is 0 Å². The number of carbonyl (C=O) groups is 3. The molecule has 0 aromatic rings. The summed E-state index contributed by atoms with van der Waals surface area (Å²) in [5, 5.41) is 6.03. The third-order valence-corrected chi connectivity index (χ3v) is 4.63. The van der Waals surface area contributed by atoms with Crippen molar-refractivity contribution in [3.63, 3.8) is 0 Å². The van der Waals surface area contributed by atoms with Crippen molar-refractivity contribution in [2.24, 2.45) is 0 Å². The van der Waals surface area contributed by atoms with Gasteiger partial charge in [-0.05, 0) is 19.3 Å². The number of carbonyl (C=O) groups excluding carboxylic acids is 3. The van der Waals surface area contributed by atoms with Crippen molar-refractivity contribution in [2.45, 2.75) is 64.0 Å². The number of nitrogens with zero attached hydrogens (tertiary/aromatic N) is 1. The van der Waals surface area contributed by atoms with Crippen LogP contribution in [0.2, 0.25) is 0 Å².